The summed E-state index contributed by atoms with van der Waals surface area (Å²) in [6.07, 6.45) is 9.31. The minimum Gasteiger partial charge on any atom is -0.383 e. The molecule has 1 unspecified atom stereocenters. The molecule has 1 aromatic carbocycles. The Labute approximate surface area is 169 Å². The van der Waals surface area contributed by atoms with Crippen LogP contribution in [0.2, 0.25) is 0 Å². The fourth-order valence-corrected chi connectivity index (χ4v) is 3.83. The molecule has 0 radical (unpaired) electrons. The van der Waals surface area contributed by atoms with Gasteiger partial charge in [-0.05, 0) is 37.0 Å². The largest absolute Gasteiger partial charge is 0.383 e. The van der Waals surface area contributed by atoms with Crippen molar-refractivity contribution in [2.45, 2.75) is 70.9 Å². The van der Waals surface area contributed by atoms with E-state index in [1.54, 1.807) is 24.3 Å². The first-order valence-corrected chi connectivity index (χ1v) is 12.1. The lowest BCUT2D eigenvalue weighted by molar-refractivity contribution is -0.133. The normalized spacial score (nSPS) is 16.9. The lowest BCUT2D eigenvalue weighted by Crippen LogP contribution is -2.36. The van der Waals surface area contributed by atoms with Crippen LogP contribution in [0.25, 0.3) is 0 Å². The van der Waals surface area contributed by atoms with E-state index in [9.17, 15) is 13.2 Å². The van der Waals surface area contributed by atoms with Gasteiger partial charge in [0.05, 0.1) is 12.4 Å². The molecule has 1 amide bonds. The van der Waals surface area contributed by atoms with Crippen LogP contribution in [0.4, 0.5) is 0 Å². The van der Waals surface area contributed by atoms with Crippen LogP contribution in [-0.4, -0.2) is 44.7 Å². The van der Waals surface area contributed by atoms with Crippen molar-refractivity contribution in [2.24, 2.45) is 0 Å². The first kappa shape index (κ1) is 22.7. The van der Waals surface area contributed by atoms with Gasteiger partial charge in [0, 0.05) is 26.1 Å². The van der Waals surface area contributed by atoms with Gasteiger partial charge in [0.1, 0.15) is 5.75 Å². The molecule has 1 atom stereocenters. The van der Waals surface area contributed by atoms with Crippen molar-refractivity contribution in [3.05, 3.63) is 29.8 Å². The van der Waals surface area contributed by atoms with Crippen LogP contribution in [0.15, 0.2) is 24.3 Å². The topological polar surface area (TPSA) is 72.9 Å². The highest BCUT2D eigenvalue weighted by atomic mass is 32.2. The van der Waals surface area contributed by atoms with E-state index in [1.807, 2.05) is 4.90 Å². The average Bonchev–Trinajstić information content (AvgIpc) is 3.14. The highest BCUT2D eigenvalue weighted by Crippen LogP contribution is 2.19. The van der Waals surface area contributed by atoms with E-state index in [-0.39, 0.29) is 17.8 Å². The summed E-state index contributed by atoms with van der Waals surface area (Å²) >= 11 is 0. The second-order valence-electron chi connectivity index (χ2n) is 7.50. The zero-order valence-electron chi connectivity index (χ0n) is 17.1. The van der Waals surface area contributed by atoms with Crippen LogP contribution in [0.3, 0.4) is 0 Å². The van der Waals surface area contributed by atoms with E-state index < -0.39 is 10.1 Å². The minimum atomic E-state index is -3.54. The third-order valence-corrected chi connectivity index (χ3v) is 5.33. The summed E-state index contributed by atoms with van der Waals surface area (Å²) in [4.78, 5) is 14.7. The summed E-state index contributed by atoms with van der Waals surface area (Å²) in [7, 11) is -3.54. The fourth-order valence-electron chi connectivity index (χ4n) is 3.37. The molecule has 1 saturated heterocycles. The number of carbonyl (C=O) groups is 1. The predicted octanol–water partition coefficient (Wildman–Crippen LogP) is 3.89. The Morgan fingerprint density at radius 1 is 1.18 bits per heavy atom. The quantitative estimate of drug-likeness (QED) is 0.385. The minimum absolute atomic E-state index is 0.108. The Morgan fingerprint density at radius 2 is 1.89 bits per heavy atom. The predicted molar refractivity (Wildman–Crippen MR) is 110 cm³/mol. The van der Waals surface area contributed by atoms with E-state index >= 15 is 0 Å². The Morgan fingerprint density at radius 3 is 2.50 bits per heavy atom. The summed E-state index contributed by atoms with van der Waals surface area (Å²) < 4.78 is 33.0. The molecule has 2 rings (SSSR count). The molecule has 1 aliphatic heterocycles. The van der Waals surface area contributed by atoms with Crippen molar-refractivity contribution in [3.8, 4) is 5.75 Å². The number of hydrogen-bond acceptors (Lipinski definition) is 5. The molecule has 0 N–H and O–H groups in total. The molecule has 0 spiro atoms. The molecule has 0 saturated carbocycles. The first-order valence-electron chi connectivity index (χ1n) is 10.2. The average molecular weight is 412 g/mol. The van der Waals surface area contributed by atoms with Crippen LogP contribution < -0.4 is 4.18 Å². The van der Waals surface area contributed by atoms with Crippen LogP contribution in [-0.2, 0) is 26.2 Å². The van der Waals surface area contributed by atoms with Crippen LogP contribution >= 0.6 is 0 Å². The summed E-state index contributed by atoms with van der Waals surface area (Å²) in [6, 6.07) is 6.85. The molecular formula is C21H33NO5S. The molecule has 28 heavy (non-hydrogen) atoms. The summed E-state index contributed by atoms with van der Waals surface area (Å²) in [5, 5.41) is 0. The van der Waals surface area contributed by atoms with E-state index in [1.165, 1.54) is 19.3 Å². The fraction of sp³-hybridized carbons (Fsp3) is 0.667. The Hall–Kier alpha value is -1.60. The lowest BCUT2D eigenvalue weighted by atomic mass is 10.1. The smallest absolute Gasteiger partial charge is 0.306 e. The standard InChI is InChI=1S/C21H33NO5S/c1-3-4-5-6-7-10-21(23)22(17-20-9-8-15-26-20)16-18-11-13-19(14-12-18)27-28(2,24)25/h11-14,20H,3-10,15-17H2,1-2H3. The van der Waals surface area contributed by atoms with Crippen molar-refractivity contribution in [3.63, 3.8) is 0 Å². The maximum Gasteiger partial charge on any atom is 0.306 e. The van der Waals surface area contributed by atoms with Crippen molar-refractivity contribution in [1.82, 2.24) is 4.90 Å². The van der Waals surface area contributed by atoms with Gasteiger partial charge in [-0.3, -0.25) is 4.79 Å². The van der Waals surface area contributed by atoms with Crippen LogP contribution in [0, 0.1) is 0 Å². The molecule has 1 aliphatic rings. The number of hydrogen-bond donors (Lipinski definition) is 0. The number of rotatable bonds is 12. The lowest BCUT2D eigenvalue weighted by Gasteiger charge is -2.26. The Kier molecular flexibility index (Phi) is 9.25. The van der Waals surface area contributed by atoms with Crippen LogP contribution in [0.5, 0.6) is 5.75 Å². The second kappa shape index (κ2) is 11.4. The van der Waals surface area contributed by atoms with Crippen molar-refractivity contribution in [1.29, 1.82) is 0 Å². The molecule has 1 aromatic rings. The highest BCUT2D eigenvalue weighted by molar-refractivity contribution is 7.86. The molecule has 0 bridgehead atoms. The Bertz CT molecular complexity index is 696. The van der Waals surface area contributed by atoms with Gasteiger partial charge in [-0.25, -0.2) is 0 Å². The first-order chi connectivity index (χ1) is 13.4. The monoisotopic (exact) mass is 411 g/mol. The van der Waals surface area contributed by atoms with Gasteiger partial charge >= 0.3 is 10.1 Å². The van der Waals surface area contributed by atoms with Gasteiger partial charge in [-0.2, -0.15) is 8.42 Å². The maximum absolute atomic E-state index is 12.8. The molecule has 158 valence electrons. The molecule has 1 fully saturated rings. The van der Waals surface area contributed by atoms with Gasteiger partial charge < -0.3 is 13.8 Å². The van der Waals surface area contributed by atoms with Gasteiger partial charge in [0.15, 0.2) is 0 Å². The summed E-state index contributed by atoms with van der Waals surface area (Å²) in [6.45, 7) is 4.05. The molecule has 0 aromatic heterocycles. The number of amides is 1. The number of carbonyl (C=O) groups excluding carboxylic acids is 1. The van der Waals surface area contributed by atoms with Gasteiger partial charge in [0.2, 0.25) is 5.91 Å². The number of nitrogens with zero attached hydrogens (tertiary/aromatic N) is 1. The molecular weight excluding hydrogens is 378 g/mol. The van der Waals surface area contributed by atoms with E-state index in [0.717, 1.165) is 44.1 Å². The van der Waals surface area contributed by atoms with E-state index in [2.05, 4.69) is 6.92 Å². The van der Waals surface area contributed by atoms with E-state index in [4.69, 9.17) is 8.92 Å². The van der Waals surface area contributed by atoms with Gasteiger partial charge in [-0.1, -0.05) is 44.7 Å². The zero-order valence-corrected chi connectivity index (χ0v) is 17.9. The Balaban J connectivity index is 1.95. The number of unbranched alkanes of at least 4 members (excludes halogenated alkanes) is 4. The van der Waals surface area contributed by atoms with Gasteiger partial charge in [-0.15, -0.1) is 0 Å². The SMILES string of the molecule is CCCCCCCC(=O)N(Cc1ccc(OS(C)(=O)=O)cc1)CC1CCCO1. The van der Waals surface area contributed by atoms with Crippen molar-refractivity contribution in [2.75, 3.05) is 19.4 Å². The summed E-state index contributed by atoms with van der Waals surface area (Å²) in [5.74, 6) is 0.433. The maximum atomic E-state index is 12.8. The van der Waals surface area contributed by atoms with Crippen LogP contribution in [0.1, 0.15) is 63.9 Å². The zero-order chi connectivity index (χ0) is 20.4. The second-order valence-corrected chi connectivity index (χ2v) is 9.08. The molecule has 7 heteroatoms. The number of benzene rings is 1. The van der Waals surface area contributed by atoms with Crippen molar-refractivity contribution >= 4 is 16.0 Å². The molecule has 0 aliphatic carbocycles. The molecule has 1 heterocycles. The van der Waals surface area contributed by atoms with Gasteiger partial charge in [0.25, 0.3) is 0 Å². The van der Waals surface area contributed by atoms with Crippen molar-refractivity contribution < 1.29 is 22.1 Å². The highest BCUT2D eigenvalue weighted by Gasteiger charge is 2.22. The third kappa shape index (κ3) is 8.61. The summed E-state index contributed by atoms with van der Waals surface area (Å²) in [5.41, 5.74) is 0.943. The third-order valence-electron chi connectivity index (χ3n) is 4.84. The van der Waals surface area contributed by atoms with E-state index in [0.29, 0.717) is 19.5 Å². The molecule has 6 nitrogen and oxygen atoms in total. The number of ether oxygens (including phenoxy) is 1.